The lowest BCUT2D eigenvalue weighted by Gasteiger charge is -2.28. The van der Waals surface area contributed by atoms with Gasteiger partial charge in [-0.3, -0.25) is 0 Å². The van der Waals surface area contributed by atoms with E-state index in [0.717, 1.165) is 6.04 Å². The van der Waals surface area contributed by atoms with Gasteiger partial charge < -0.3 is 9.80 Å². The summed E-state index contributed by atoms with van der Waals surface area (Å²) in [5.41, 5.74) is 1.48. The van der Waals surface area contributed by atoms with Crippen LogP contribution in [0.1, 0.15) is 40.5 Å². The average Bonchev–Trinajstić information content (AvgIpc) is 2.58. The standard InChI is InChI=1S/C12H22N2/c1-9(2)12-13-7-5-6-11(13)8-14(12)10(3)4/h10-11H,5-8H2,1-4H3. The van der Waals surface area contributed by atoms with Crippen LogP contribution >= 0.6 is 0 Å². The molecule has 2 heteroatoms. The van der Waals surface area contributed by atoms with E-state index in [1.54, 1.807) is 0 Å². The van der Waals surface area contributed by atoms with Crippen molar-refractivity contribution in [2.75, 3.05) is 13.1 Å². The SMILES string of the molecule is CC(C)=C1N(C(C)C)CC2CCCN12. The van der Waals surface area contributed by atoms with Crippen LogP contribution in [0.15, 0.2) is 11.4 Å². The lowest BCUT2D eigenvalue weighted by molar-refractivity contribution is 0.291. The molecule has 0 aromatic heterocycles. The molecular weight excluding hydrogens is 172 g/mol. The highest BCUT2D eigenvalue weighted by molar-refractivity contribution is 5.17. The summed E-state index contributed by atoms with van der Waals surface area (Å²) < 4.78 is 0. The van der Waals surface area contributed by atoms with Crippen molar-refractivity contribution >= 4 is 0 Å². The molecule has 1 unspecified atom stereocenters. The van der Waals surface area contributed by atoms with Crippen molar-refractivity contribution in [3.63, 3.8) is 0 Å². The Bertz CT molecular complexity index is 251. The third kappa shape index (κ3) is 1.41. The van der Waals surface area contributed by atoms with Gasteiger partial charge in [-0.05, 0) is 46.1 Å². The van der Waals surface area contributed by atoms with Crippen LogP contribution in [0.3, 0.4) is 0 Å². The van der Waals surface area contributed by atoms with Gasteiger partial charge in [0.25, 0.3) is 0 Å². The highest BCUT2D eigenvalue weighted by Gasteiger charge is 2.38. The first-order chi connectivity index (χ1) is 6.61. The van der Waals surface area contributed by atoms with Crippen LogP contribution in [0.25, 0.3) is 0 Å². The molecule has 2 nitrogen and oxygen atoms in total. The maximum atomic E-state index is 2.62. The van der Waals surface area contributed by atoms with E-state index in [2.05, 4.69) is 37.5 Å². The fourth-order valence-electron chi connectivity index (χ4n) is 2.81. The molecule has 0 aromatic carbocycles. The van der Waals surface area contributed by atoms with E-state index >= 15 is 0 Å². The highest BCUT2D eigenvalue weighted by Crippen LogP contribution is 2.34. The summed E-state index contributed by atoms with van der Waals surface area (Å²) in [6.45, 7) is 11.6. The molecule has 0 N–H and O–H groups in total. The number of allylic oxidation sites excluding steroid dienone is 1. The monoisotopic (exact) mass is 194 g/mol. The zero-order valence-corrected chi connectivity index (χ0v) is 9.88. The molecule has 80 valence electrons. The molecule has 14 heavy (non-hydrogen) atoms. The summed E-state index contributed by atoms with van der Waals surface area (Å²) >= 11 is 0. The minimum Gasteiger partial charge on any atom is -0.354 e. The van der Waals surface area contributed by atoms with Gasteiger partial charge in [0, 0.05) is 25.2 Å². The van der Waals surface area contributed by atoms with Crippen LogP contribution in [-0.4, -0.2) is 35.0 Å². The minimum atomic E-state index is 0.644. The molecule has 0 saturated carbocycles. The predicted molar refractivity (Wildman–Crippen MR) is 59.9 cm³/mol. The van der Waals surface area contributed by atoms with Crippen LogP contribution in [-0.2, 0) is 0 Å². The second-order valence-electron chi connectivity index (χ2n) is 5.06. The van der Waals surface area contributed by atoms with E-state index in [0.29, 0.717) is 6.04 Å². The Morgan fingerprint density at radius 3 is 2.64 bits per heavy atom. The number of hydrogen-bond acceptors (Lipinski definition) is 2. The summed E-state index contributed by atoms with van der Waals surface area (Å²) in [4.78, 5) is 5.19. The van der Waals surface area contributed by atoms with Gasteiger partial charge in [0.2, 0.25) is 0 Å². The maximum absolute atomic E-state index is 2.62. The van der Waals surface area contributed by atoms with Gasteiger partial charge >= 0.3 is 0 Å². The van der Waals surface area contributed by atoms with E-state index in [1.165, 1.54) is 37.3 Å². The second kappa shape index (κ2) is 3.48. The quantitative estimate of drug-likeness (QED) is 0.632. The summed E-state index contributed by atoms with van der Waals surface area (Å²) in [6, 6.07) is 1.45. The molecule has 0 radical (unpaired) electrons. The van der Waals surface area contributed by atoms with Crippen molar-refractivity contribution in [1.82, 2.24) is 9.80 Å². The molecular formula is C12H22N2. The molecule has 0 bridgehead atoms. The normalized spacial score (nSPS) is 26.4. The molecule has 0 amide bonds. The van der Waals surface area contributed by atoms with E-state index < -0.39 is 0 Å². The predicted octanol–water partition coefficient (Wildman–Crippen LogP) is 2.43. The van der Waals surface area contributed by atoms with E-state index in [9.17, 15) is 0 Å². The van der Waals surface area contributed by atoms with Gasteiger partial charge in [-0.2, -0.15) is 0 Å². The van der Waals surface area contributed by atoms with E-state index in [-0.39, 0.29) is 0 Å². The van der Waals surface area contributed by atoms with Gasteiger partial charge in [0.15, 0.2) is 0 Å². The Hall–Kier alpha value is -0.660. The lowest BCUT2D eigenvalue weighted by Crippen LogP contribution is -2.29. The van der Waals surface area contributed by atoms with Gasteiger partial charge in [0.1, 0.15) is 5.82 Å². The molecule has 2 saturated heterocycles. The van der Waals surface area contributed by atoms with Gasteiger partial charge in [-0.1, -0.05) is 0 Å². The largest absolute Gasteiger partial charge is 0.354 e. The van der Waals surface area contributed by atoms with E-state index in [1.807, 2.05) is 0 Å². The Morgan fingerprint density at radius 2 is 2.07 bits per heavy atom. The molecule has 2 aliphatic rings. The summed E-state index contributed by atoms with van der Waals surface area (Å²) in [5, 5.41) is 0. The first kappa shape index (κ1) is 9.88. The highest BCUT2D eigenvalue weighted by atomic mass is 15.4. The fraction of sp³-hybridized carbons (Fsp3) is 0.833. The minimum absolute atomic E-state index is 0.644. The molecule has 0 spiro atoms. The van der Waals surface area contributed by atoms with Gasteiger partial charge in [0.05, 0.1) is 0 Å². The first-order valence-corrected chi connectivity index (χ1v) is 5.82. The van der Waals surface area contributed by atoms with Crippen LogP contribution in [0.2, 0.25) is 0 Å². The Morgan fingerprint density at radius 1 is 1.36 bits per heavy atom. The number of rotatable bonds is 1. The third-order valence-electron chi connectivity index (χ3n) is 3.40. The van der Waals surface area contributed by atoms with Crippen molar-refractivity contribution in [2.24, 2.45) is 0 Å². The fourth-order valence-corrected chi connectivity index (χ4v) is 2.81. The lowest BCUT2D eigenvalue weighted by atomic mass is 10.2. The number of nitrogens with zero attached hydrogens (tertiary/aromatic N) is 2. The topological polar surface area (TPSA) is 6.48 Å². The zero-order valence-electron chi connectivity index (χ0n) is 9.88. The smallest absolute Gasteiger partial charge is 0.103 e. The maximum Gasteiger partial charge on any atom is 0.103 e. The van der Waals surface area contributed by atoms with Crippen LogP contribution in [0.5, 0.6) is 0 Å². The number of hydrogen-bond donors (Lipinski definition) is 0. The van der Waals surface area contributed by atoms with Gasteiger partial charge in [-0.25, -0.2) is 0 Å². The Labute approximate surface area is 87.6 Å². The van der Waals surface area contributed by atoms with Gasteiger partial charge in [-0.15, -0.1) is 0 Å². The second-order valence-corrected chi connectivity index (χ2v) is 5.06. The van der Waals surface area contributed by atoms with E-state index in [4.69, 9.17) is 0 Å². The Balaban J connectivity index is 2.27. The van der Waals surface area contributed by atoms with Crippen molar-refractivity contribution < 1.29 is 0 Å². The van der Waals surface area contributed by atoms with Crippen molar-refractivity contribution in [1.29, 1.82) is 0 Å². The van der Waals surface area contributed by atoms with Crippen molar-refractivity contribution in [3.8, 4) is 0 Å². The molecule has 0 aliphatic carbocycles. The van der Waals surface area contributed by atoms with Crippen LogP contribution < -0.4 is 0 Å². The molecule has 2 rings (SSSR count). The van der Waals surface area contributed by atoms with Crippen molar-refractivity contribution in [2.45, 2.75) is 52.6 Å². The number of fused-ring (bicyclic) bond motifs is 1. The Kier molecular flexibility index (Phi) is 2.46. The van der Waals surface area contributed by atoms with Crippen LogP contribution in [0.4, 0.5) is 0 Å². The summed E-state index contributed by atoms with van der Waals surface area (Å²) in [6.07, 6.45) is 2.77. The molecule has 2 aliphatic heterocycles. The molecule has 2 heterocycles. The zero-order chi connectivity index (χ0) is 10.3. The van der Waals surface area contributed by atoms with Crippen LogP contribution in [0, 0.1) is 0 Å². The average molecular weight is 194 g/mol. The summed E-state index contributed by atoms with van der Waals surface area (Å²) in [7, 11) is 0. The third-order valence-corrected chi connectivity index (χ3v) is 3.40. The summed E-state index contributed by atoms with van der Waals surface area (Å²) in [5.74, 6) is 1.52. The van der Waals surface area contributed by atoms with Crippen molar-refractivity contribution in [3.05, 3.63) is 11.4 Å². The molecule has 0 aromatic rings. The molecule has 1 atom stereocenters. The molecule has 2 fully saturated rings. The first-order valence-electron chi connectivity index (χ1n) is 5.82.